The SMILES string of the molecule is CCCC[C@H](NC(=O)[C@H](CN)NC(=O)[C@H](CCCNC(=N)N)NC(=O)COCCOCCNC(=O)CCCS(=O)(=O)NC(=O)CCCCCCCCCCCCCCCc1nnn[nH]1)C(=O)N[C@H]1CCC(=O)NCCCC[C@@H](C(N)=O)NC(=O)[C@H](Cc2c[nH]c3ccccc23)NC(=O)[C@H](CCCNC(=N)N)NC(=O)[C@@H](Cc2ccccc2)NC(=O)[C@@H]2C[C@@H](O)CN2C1=O. The first-order valence-electron chi connectivity index (χ1n) is 44.6. The molecule has 0 spiro atoms. The molecular weight excluding hydrogens is 1680 g/mol. The minimum absolute atomic E-state index is 0.0136. The number of aryl methyl sites for hydroxylation is 1. The second-order valence-corrected chi connectivity index (χ2v) is 34.1. The van der Waals surface area contributed by atoms with Crippen LogP contribution in [0.5, 0.6) is 0 Å². The van der Waals surface area contributed by atoms with Crippen molar-refractivity contribution in [3.63, 3.8) is 0 Å². The average molecular weight is 1820 g/mol. The van der Waals surface area contributed by atoms with Gasteiger partial charge in [-0.25, -0.2) is 13.5 Å². The van der Waals surface area contributed by atoms with Crippen LogP contribution in [-0.4, -0.2) is 265 Å². The number of nitrogens with zero attached hydrogens (tertiary/aromatic N) is 4. The van der Waals surface area contributed by atoms with Crippen LogP contribution in [0.3, 0.4) is 0 Å². The van der Waals surface area contributed by atoms with Gasteiger partial charge in [0.25, 0.3) is 0 Å². The number of unbranched alkanes of at least 4 members (excludes halogenated alkanes) is 13. The van der Waals surface area contributed by atoms with Gasteiger partial charge in [-0.3, -0.25) is 77.9 Å². The molecule has 2 aromatic heterocycles. The molecule has 0 unspecified atom stereocenters. The second kappa shape index (κ2) is 58.8. The molecular formula is C84H135N25O18S. The molecule has 6 rings (SSSR count). The fraction of sp³-hybridized carbons (Fsp3) is 0.643. The van der Waals surface area contributed by atoms with Gasteiger partial charge in [0.05, 0.1) is 31.7 Å². The molecule has 10 atom stereocenters. The van der Waals surface area contributed by atoms with Crippen LogP contribution in [-0.2, 0) is 101 Å². The number of ether oxygens (including phenoxy) is 2. The molecule has 0 bridgehead atoms. The van der Waals surface area contributed by atoms with Gasteiger partial charge in [-0.05, 0) is 105 Å². The molecule has 0 radical (unpaired) electrons. The van der Waals surface area contributed by atoms with Gasteiger partial charge < -0.3 is 111 Å². The number of aliphatic hydroxyl groups excluding tert-OH is 1. The molecule has 26 N–H and O–H groups in total. The number of carbonyl (C=O) groups is 13. The van der Waals surface area contributed by atoms with Crippen LogP contribution in [0.4, 0.5) is 0 Å². The summed E-state index contributed by atoms with van der Waals surface area (Å²) in [5.74, 6) is -10.9. The number of amides is 13. The Labute approximate surface area is 746 Å². The van der Waals surface area contributed by atoms with E-state index in [1.807, 2.05) is 18.2 Å². The Bertz CT molecular complexity index is 4300. The summed E-state index contributed by atoms with van der Waals surface area (Å²) < 4.78 is 38.3. The van der Waals surface area contributed by atoms with E-state index >= 15 is 4.79 Å². The minimum atomic E-state index is -3.95. The number of fused-ring (bicyclic) bond motifs is 2. The number of rotatable bonds is 53. The van der Waals surface area contributed by atoms with Gasteiger partial charge in [-0.2, -0.15) is 0 Å². The third-order valence-corrected chi connectivity index (χ3v) is 23.1. The maximum Gasteiger partial charge on any atom is 0.246 e. The number of hydrogen-bond donors (Lipinski definition) is 22. The lowest BCUT2D eigenvalue weighted by molar-refractivity contribution is -0.143. The Hall–Kier alpha value is -11.5. The lowest BCUT2D eigenvalue weighted by atomic mass is 10.0. The number of tetrazole rings is 1. The Morgan fingerprint density at radius 2 is 1.22 bits per heavy atom. The van der Waals surface area contributed by atoms with Crippen LogP contribution in [0.25, 0.3) is 10.9 Å². The maximum atomic E-state index is 15.2. The number of H-pyrrole nitrogens is 2. The highest BCUT2D eigenvalue weighted by Gasteiger charge is 2.44. The van der Waals surface area contributed by atoms with Gasteiger partial charge in [0, 0.05) is 101 Å². The van der Waals surface area contributed by atoms with E-state index in [2.05, 4.69) is 94.1 Å². The normalized spacial score (nSPS) is 18.9. The first-order chi connectivity index (χ1) is 61.5. The number of nitrogens with one attached hydrogen (secondary N) is 17. The van der Waals surface area contributed by atoms with E-state index in [0.29, 0.717) is 30.4 Å². The number of para-hydroxylation sites is 1. The highest BCUT2D eigenvalue weighted by molar-refractivity contribution is 7.90. The summed E-state index contributed by atoms with van der Waals surface area (Å²) in [6, 6.07) is 2.57. The van der Waals surface area contributed by atoms with Crippen LogP contribution < -0.4 is 91.5 Å². The van der Waals surface area contributed by atoms with Gasteiger partial charge in [0.1, 0.15) is 66.8 Å². The third kappa shape index (κ3) is 41.1. The van der Waals surface area contributed by atoms with Crippen molar-refractivity contribution in [2.24, 2.45) is 22.9 Å². The second-order valence-electron chi connectivity index (χ2n) is 32.2. The zero-order chi connectivity index (χ0) is 93.0. The summed E-state index contributed by atoms with van der Waals surface area (Å²) in [5.41, 5.74) is 24.9. The zero-order valence-electron chi connectivity index (χ0n) is 73.3. The molecule has 2 aliphatic heterocycles. The molecule has 710 valence electrons. The van der Waals surface area contributed by atoms with E-state index in [-0.39, 0.29) is 148 Å². The standard InChI is InChI=1S/C84H135N25O18S/c1-2-3-30-62(99-80(121)67(51-85)103-75(116)61(33-24-41-93-83(87)88)96-73(114)54-127-46-45-126-44-43-92-70(111)37-26-47-128(124,125)106-72(113)36-19-14-12-10-8-6-4-5-7-9-11-13-18-35-69-104-107-108-105-69)76(117)100-64-38-39-71(112)91-40-23-22-32-60(74(86)115)97-79(120)66(49-56-52-95-59-31-21-20-29-58(56)59)101-77(118)63(34-25-42-94-84(89)90)98-78(119)65(48-55-27-16-15-17-28-55)102-81(122)68-50-57(110)53-109(68)82(64)123/h15-17,20-21,27-29,31,52,57,60-68,95,110H,2-14,18-19,22-26,30,32-51,53-54,85H2,1H3,(H2,86,115)(H,91,112)(H,92,111)(H,96,114)(H,97,120)(H,98,119)(H,99,121)(H,100,117)(H,101,118)(H,102,122)(H,103,116)(H,106,113)(H4,87,88,93)(H4,89,90,94)(H,104,105,107,108)/t57-,60+,61+,62+,63+,64+,65-,66+,67+,68+/m1/s1. The molecule has 2 aromatic carbocycles. The van der Waals surface area contributed by atoms with E-state index in [1.165, 1.54) is 38.5 Å². The van der Waals surface area contributed by atoms with E-state index in [0.717, 1.165) is 66.6 Å². The van der Waals surface area contributed by atoms with Crippen LogP contribution in [0, 0.1) is 10.8 Å². The zero-order valence-corrected chi connectivity index (χ0v) is 74.2. The van der Waals surface area contributed by atoms with Crippen molar-refractivity contribution in [1.82, 2.24) is 99.0 Å². The summed E-state index contributed by atoms with van der Waals surface area (Å²) in [7, 11) is -3.95. The van der Waals surface area contributed by atoms with Crippen molar-refractivity contribution in [1.29, 1.82) is 10.8 Å². The summed E-state index contributed by atoms with van der Waals surface area (Å²) in [4.78, 5) is 187. The highest BCUT2D eigenvalue weighted by atomic mass is 32.2. The number of aromatic amines is 2. The van der Waals surface area contributed by atoms with Crippen LogP contribution in [0.1, 0.15) is 210 Å². The molecule has 4 heterocycles. The summed E-state index contributed by atoms with van der Waals surface area (Å²) in [6.45, 7) is 0.342. The van der Waals surface area contributed by atoms with Crippen molar-refractivity contribution in [2.75, 3.05) is 71.4 Å². The maximum absolute atomic E-state index is 15.2. The lowest BCUT2D eigenvalue weighted by Gasteiger charge is -2.31. The van der Waals surface area contributed by atoms with Crippen molar-refractivity contribution in [3.8, 4) is 0 Å². The topological polar surface area (TPSA) is 676 Å². The average Bonchev–Trinajstić information content (AvgIpc) is 1.57. The van der Waals surface area contributed by atoms with E-state index in [1.54, 1.807) is 49.5 Å². The van der Waals surface area contributed by atoms with E-state index in [9.17, 15) is 71.1 Å². The number of carbonyl (C=O) groups excluding carboxylic acids is 13. The Balaban J connectivity index is 1.03. The summed E-state index contributed by atoms with van der Waals surface area (Å²) >= 11 is 0. The Morgan fingerprint density at radius 3 is 1.90 bits per heavy atom. The summed E-state index contributed by atoms with van der Waals surface area (Å²) in [6.07, 6.45) is 14.9. The minimum Gasteiger partial charge on any atom is -0.391 e. The number of aliphatic hydroxyl groups is 1. The smallest absolute Gasteiger partial charge is 0.246 e. The first kappa shape index (κ1) is 105. The van der Waals surface area contributed by atoms with Crippen molar-refractivity contribution in [2.45, 2.75) is 273 Å². The van der Waals surface area contributed by atoms with Gasteiger partial charge in [0.2, 0.25) is 86.8 Å². The first-order valence-corrected chi connectivity index (χ1v) is 46.3. The van der Waals surface area contributed by atoms with E-state index in [4.69, 9.17) is 43.2 Å². The molecule has 0 aliphatic carbocycles. The van der Waals surface area contributed by atoms with Crippen molar-refractivity contribution >= 4 is 110 Å². The van der Waals surface area contributed by atoms with E-state index < -0.39 is 186 Å². The largest absolute Gasteiger partial charge is 0.391 e. The third-order valence-electron chi connectivity index (χ3n) is 21.8. The van der Waals surface area contributed by atoms with Gasteiger partial charge in [-0.15, -0.1) is 5.10 Å². The quantitative estimate of drug-likeness (QED) is 0.0138. The van der Waals surface area contributed by atoms with Crippen molar-refractivity contribution < 1.29 is 85.3 Å². The van der Waals surface area contributed by atoms with Crippen molar-refractivity contribution in [3.05, 3.63) is 77.7 Å². The van der Waals surface area contributed by atoms with Gasteiger partial charge >= 0.3 is 0 Å². The molecule has 0 saturated carbocycles. The molecule has 4 aromatic rings. The fourth-order valence-electron chi connectivity index (χ4n) is 14.8. The molecule has 128 heavy (non-hydrogen) atoms. The van der Waals surface area contributed by atoms with Gasteiger partial charge in [0.15, 0.2) is 11.9 Å². The highest BCUT2D eigenvalue weighted by Crippen LogP contribution is 2.24. The molecule has 2 saturated heterocycles. The molecule has 2 aliphatic rings. The Morgan fingerprint density at radius 1 is 0.617 bits per heavy atom. The number of nitrogens with two attached hydrogens (primary N) is 4. The monoisotopic (exact) mass is 1810 g/mol. The molecule has 13 amide bonds. The van der Waals surface area contributed by atoms with Gasteiger partial charge in [-0.1, -0.05) is 139 Å². The number of sulfonamides is 1. The number of aromatic nitrogens is 5. The number of guanidine groups is 2. The Kier molecular flexibility index (Phi) is 48.3. The fourth-order valence-corrected chi connectivity index (χ4v) is 15.9. The van der Waals surface area contributed by atoms with Crippen LogP contribution >= 0.6 is 0 Å². The van der Waals surface area contributed by atoms with Crippen LogP contribution in [0.2, 0.25) is 0 Å². The number of benzene rings is 2. The predicted molar refractivity (Wildman–Crippen MR) is 474 cm³/mol. The number of primary amides is 1. The molecule has 44 heteroatoms. The number of hydrogen-bond acceptors (Lipinski definition) is 24. The molecule has 43 nitrogen and oxygen atoms in total. The lowest BCUT2D eigenvalue weighted by Crippen LogP contribution is -2.61. The molecule has 2 fully saturated rings. The summed E-state index contributed by atoms with van der Waals surface area (Å²) in [5, 5.41) is 73.3. The van der Waals surface area contributed by atoms with Crippen LogP contribution in [0.15, 0.2) is 60.8 Å². The predicted octanol–water partition coefficient (Wildman–Crippen LogP) is -1.37.